The van der Waals surface area contributed by atoms with Gasteiger partial charge in [0.2, 0.25) is 11.1 Å². The van der Waals surface area contributed by atoms with Crippen molar-refractivity contribution >= 4 is 28.0 Å². The normalized spacial score (nSPS) is 11.3. The summed E-state index contributed by atoms with van der Waals surface area (Å²) in [5.41, 5.74) is 2.23. The predicted octanol–water partition coefficient (Wildman–Crippen LogP) is 3.40. The minimum absolute atomic E-state index is 0.0463. The molecule has 0 aliphatic rings. The molecule has 0 N–H and O–H groups in total. The molecule has 0 spiro atoms. The highest BCUT2D eigenvalue weighted by Gasteiger charge is 2.13. The molecule has 0 radical (unpaired) electrons. The number of aryl methyl sites for hydroxylation is 1. The van der Waals surface area contributed by atoms with Gasteiger partial charge in [-0.15, -0.1) is 0 Å². The number of aromatic nitrogens is 1. The van der Waals surface area contributed by atoms with E-state index in [-0.39, 0.29) is 29.6 Å². The number of benzene rings is 1. The van der Waals surface area contributed by atoms with Crippen molar-refractivity contribution in [3.63, 3.8) is 0 Å². The van der Waals surface area contributed by atoms with Crippen LogP contribution in [-0.2, 0) is 22.4 Å². The van der Waals surface area contributed by atoms with E-state index in [0.717, 1.165) is 12.0 Å². The van der Waals surface area contributed by atoms with Crippen molar-refractivity contribution in [2.45, 2.75) is 39.7 Å². The smallest absolute Gasteiger partial charge is 0.312 e. The lowest BCUT2D eigenvalue weighted by Gasteiger charge is -2.08. The van der Waals surface area contributed by atoms with Gasteiger partial charge in [-0.2, -0.15) is 0 Å². The number of ether oxygens (including phenoxy) is 1. The number of esters is 1. The zero-order valence-corrected chi connectivity index (χ0v) is 14.0. The van der Waals surface area contributed by atoms with Crippen molar-refractivity contribution in [2.75, 3.05) is 0 Å². The number of hydrogen-bond acceptors (Lipinski definition) is 5. The third kappa shape index (κ3) is 3.15. The fraction of sp³-hybridized carbons (Fsp3) is 0.316. The molecule has 5 heteroatoms. The van der Waals surface area contributed by atoms with E-state index >= 15 is 0 Å². The number of carbonyl (C=O) groups excluding carboxylic acids is 1. The van der Waals surface area contributed by atoms with Gasteiger partial charge in [-0.1, -0.05) is 13.0 Å². The fourth-order valence-electron chi connectivity index (χ4n) is 2.59. The van der Waals surface area contributed by atoms with E-state index in [2.05, 4.69) is 4.98 Å². The molecule has 3 aromatic rings. The van der Waals surface area contributed by atoms with E-state index in [4.69, 9.17) is 9.15 Å². The van der Waals surface area contributed by atoms with Gasteiger partial charge in [-0.3, -0.25) is 9.59 Å². The van der Waals surface area contributed by atoms with Crippen LogP contribution < -0.4 is 5.43 Å². The number of nitrogens with zero attached hydrogens (tertiary/aromatic N) is 1. The quantitative estimate of drug-likeness (QED) is 0.543. The Labute approximate surface area is 139 Å². The van der Waals surface area contributed by atoms with Crippen LogP contribution in [0.5, 0.6) is 0 Å². The third-order valence-corrected chi connectivity index (χ3v) is 3.76. The summed E-state index contributed by atoms with van der Waals surface area (Å²) in [6, 6.07) is 8.90. The molecule has 0 saturated heterocycles. The summed E-state index contributed by atoms with van der Waals surface area (Å²) in [6.07, 6.45) is 0.723. The van der Waals surface area contributed by atoms with Crippen LogP contribution >= 0.6 is 0 Å². The number of carbonyl (C=O) groups is 1. The van der Waals surface area contributed by atoms with Gasteiger partial charge in [0, 0.05) is 0 Å². The molecule has 24 heavy (non-hydrogen) atoms. The Morgan fingerprint density at radius 2 is 2.00 bits per heavy atom. The lowest BCUT2D eigenvalue weighted by atomic mass is 10.1. The Hall–Kier alpha value is -2.69. The van der Waals surface area contributed by atoms with Gasteiger partial charge < -0.3 is 9.15 Å². The van der Waals surface area contributed by atoms with Crippen LogP contribution in [0.25, 0.3) is 22.1 Å². The molecule has 0 atom stereocenters. The Morgan fingerprint density at radius 3 is 2.71 bits per heavy atom. The summed E-state index contributed by atoms with van der Waals surface area (Å²) < 4.78 is 10.9. The first-order valence-corrected chi connectivity index (χ1v) is 8.02. The van der Waals surface area contributed by atoms with E-state index in [1.54, 1.807) is 32.0 Å². The van der Waals surface area contributed by atoms with Crippen molar-refractivity contribution in [1.29, 1.82) is 0 Å². The summed E-state index contributed by atoms with van der Waals surface area (Å²) in [6.45, 7) is 5.62. The van der Waals surface area contributed by atoms with E-state index in [1.807, 2.05) is 19.1 Å². The fourth-order valence-corrected chi connectivity index (χ4v) is 2.59. The van der Waals surface area contributed by atoms with E-state index < -0.39 is 0 Å². The molecule has 0 saturated carbocycles. The monoisotopic (exact) mass is 325 g/mol. The summed E-state index contributed by atoms with van der Waals surface area (Å²) in [5, 5.41) is 0.965. The highest BCUT2D eigenvalue weighted by atomic mass is 16.5. The first-order valence-electron chi connectivity index (χ1n) is 8.02. The molecular weight excluding hydrogens is 306 g/mol. The van der Waals surface area contributed by atoms with E-state index in [1.165, 1.54) is 0 Å². The van der Waals surface area contributed by atoms with Crippen molar-refractivity contribution in [3.8, 4) is 0 Å². The number of hydrogen-bond donors (Lipinski definition) is 0. The van der Waals surface area contributed by atoms with Crippen LogP contribution in [0.15, 0.2) is 39.5 Å². The largest absolute Gasteiger partial charge is 0.463 e. The molecule has 0 fully saturated rings. The lowest BCUT2D eigenvalue weighted by molar-refractivity contribution is -0.146. The van der Waals surface area contributed by atoms with Crippen LogP contribution in [0.1, 0.15) is 32.0 Å². The van der Waals surface area contributed by atoms with Crippen molar-refractivity contribution in [3.05, 3.63) is 51.8 Å². The average Bonchev–Trinajstić information content (AvgIpc) is 2.53. The Morgan fingerprint density at radius 1 is 1.21 bits per heavy atom. The molecule has 0 aliphatic carbocycles. The molecule has 0 amide bonds. The van der Waals surface area contributed by atoms with E-state index in [0.29, 0.717) is 22.0 Å². The van der Waals surface area contributed by atoms with Gasteiger partial charge in [-0.25, -0.2) is 4.98 Å². The molecule has 0 bridgehead atoms. The zero-order valence-electron chi connectivity index (χ0n) is 14.0. The molecular formula is C19H19NO4. The number of fused-ring (bicyclic) bond motifs is 2. The first kappa shape index (κ1) is 16.2. The van der Waals surface area contributed by atoms with Gasteiger partial charge >= 0.3 is 5.97 Å². The molecule has 1 aromatic carbocycles. The molecule has 0 aliphatic heterocycles. The topological polar surface area (TPSA) is 69.4 Å². The molecule has 5 nitrogen and oxygen atoms in total. The Kier molecular flexibility index (Phi) is 4.34. The predicted molar refractivity (Wildman–Crippen MR) is 92.1 cm³/mol. The maximum absolute atomic E-state index is 12.6. The van der Waals surface area contributed by atoms with Gasteiger partial charge in [0.1, 0.15) is 5.58 Å². The van der Waals surface area contributed by atoms with Crippen molar-refractivity contribution in [2.24, 2.45) is 0 Å². The van der Waals surface area contributed by atoms with Crippen LogP contribution in [0.2, 0.25) is 0 Å². The maximum atomic E-state index is 12.6. The van der Waals surface area contributed by atoms with Crippen LogP contribution in [0, 0.1) is 0 Å². The Balaban J connectivity index is 2.05. The molecule has 2 heterocycles. The first-order chi connectivity index (χ1) is 11.5. The third-order valence-electron chi connectivity index (χ3n) is 3.76. The minimum atomic E-state index is -0.354. The summed E-state index contributed by atoms with van der Waals surface area (Å²) in [5.74, 6) is -0.354. The highest BCUT2D eigenvalue weighted by Crippen LogP contribution is 2.19. The van der Waals surface area contributed by atoms with E-state index in [9.17, 15) is 9.59 Å². The second kappa shape index (κ2) is 6.43. The maximum Gasteiger partial charge on any atom is 0.312 e. The zero-order chi connectivity index (χ0) is 17.3. The van der Waals surface area contributed by atoms with Gasteiger partial charge in [0.05, 0.1) is 29.0 Å². The van der Waals surface area contributed by atoms with Gasteiger partial charge in [0.25, 0.3) is 0 Å². The minimum Gasteiger partial charge on any atom is -0.463 e. The number of rotatable bonds is 4. The second-order valence-electron chi connectivity index (χ2n) is 5.99. The molecule has 3 rings (SSSR count). The van der Waals surface area contributed by atoms with Crippen LogP contribution in [-0.4, -0.2) is 17.1 Å². The van der Waals surface area contributed by atoms with Gasteiger partial charge in [0.15, 0.2) is 0 Å². The molecule has 124 valence electrons. The van der Waals surface area contributed by atoms with Crippen LogP contribution in [0.3, 0.4) is 0 Å². The van der Waals surface area contributed by atoms with Crippen molar-refractivity contribution in [1.82, 2.24) is 4.98 Å². The standard InChI is InChI=1S/C19H19NO4/c1-4-12-5-8-16-15(9-12)18(22)14-7-6-13(20-19(14)24-16)10-17(21)23-11(2)3/h5-9,11H,4,10H2,1-3H3. The van der Waals surface area contributed by atoms with Crippen LogP contribution in [0.4, 0.5) is 0 Å². The Bertz CT molecular complexity index is 972. The SMILES string of the molecule is CCc1ccc2oc3nc(CC(=O)OC(C)C)ccc3c(=O)c2c1. The lowest BCUT2D eigenvalue weighted by Crippen LogP contribution is -2.14. The second-order valence-corrected chi connectivity index (χ2v) is 5.99. The summed E-state index contributed by atoms with van der Waals surface area (Å²) >= 11 is 0. The highest BCUT2D eigenvalue weighted by molar-refractivity contribution is 5.88. The summed E-state index contributed by atoms with van der Waals surface area (Å²) in [7, 11) is 0. The average molecular weight is 325 g/mol. The van der Waals surface area contributed by atoms with Gasteiger partial charge in [-0.05, 0) is 50.1 Å². The molecule has 2 aromatic heterocycles. The summed E-state index contributed by atoms with van der Waals surface area (Å²) in [4.78, 5) is 28.7. The number of pyridine rings is 1. The molecule has 0 unspecified atom stereocenters. The van der Waals surface area contributed by atoms with Crippen molar-refractivity contribution < 1.29 is 13.9 Å².